The van der Waals surface area contributed by atoms with E-state index in [9.17, 15) is 18.3 Å². The highest BCUT2D eigenvalue weighted by molar-refractivity contribution is 7.92. The predicted octanol–water partition coefficient (Wildman–Crippen LogP) is 5.58. The van der Waals surface area contributed by atoms with Crippen molar-refractivity contribution in [2.75, 3.05) is 10.6 Å². The van der Waals surface area contributed by atoms with Gasteiger partial charge in [0, 0.05) is 11.1 Å². The summed E-state index contributed by atoms with van der Waals surface area (Å²) in [7, 11) is -3.67. The first-order valence-corrected chi connectivity index (χ1v) is 13.3. The summed E-state index contributed by atoms with van der Waals surface area (Å²) >= 11 is 12.3. The molecule has 0 aliphatic carbocycles. The van der Waals surface area contributed by atoms with Gasteiger partial charge < -0.3 is 5.11 Å². The number of halogens is 2. The van der Waals surface area contributed by atoms with Crippen LogP contribution in [0, 0.1) is 0 Å². The number of phenols is 1. The third-order valence-electron chi connectivity index (χ3n) is 5.45. The number of aromatic hydroxyl groups is 1. The maximum absolute atomic E-state index is 12.6. The van der Waals surface area contributed by atoms with Crippen LogP contribution in [0.1, 0.15) is 21.5 Å². The molecule has 0 aliphatic heterocycles. The average molecular weight is 542 g/mol. The minimum atomic E-state index is -3.67. The summed E-state index contributed by atoms with van der Waals surface area (Å²) in [4.78, 5) is 12.6. The van der Waals surface area contributed by atoms with Crippen molar-refractivity contribution in [3.05, 3.63) is 106 Å². The lowest BCUT2D eigenvalue weighted by atomic mass is 10.0. The van der Waals surface area contributed by atoms with E-state index in [0.717, 1.165) is 21.3 Å². The molecule has 1 amide bonds. The van der Waals surface area contributed by atoms with Gasteiger partial charge in [-0.1, -0.05) is 71.7 Å². The first-order chi connectivity index (χ1) is 17.1. The number of anilines is 1. The Morgan fingerprint density at radius 2 is 1.72 bits per heavy atom. The number of carbonyl (C=O) groups excluding carboxylic acids is 1. The molecule has 0 radical (unpaired) electrons. The molecule has 184 valence electrons. The second-order valence-corrected chi connectivity index (χ2v) is 10.7. The maximum atomic E-state index is 12.6. The van der Waals surface area contributed by atoms with Gasteiger partial charge in [-0.15, -0.1) is 0 Å². The summed E-state index contributed by atoms with van der Waals surface area (Å²) in [6.07, 6.45) is 2.47. The molecule has 10 heteroatoms. The molecule has 0 saturated carbocycles. The number of amides is 1. The first kappa shape index (κ1) is 25.5. The highest BCUT2D eigenvalue weighted by Crippen LogP contribution is 2.34. The van der Waals surface area contributed by atoms with Crippen LogP contribution in [-0.2, 0) is 16.6 Å². The molecule has 4 aromatic rings. The van der Waals surface area contributed by atoms with E-state index in [-0.39, 0.29) is 28.0 Å². The molecular formula is C26H21Cl2N3O4S. The van der Waals surface area contributed by atoms with Crippen molar-refractivity contribution < 1.29 is 18.3 Å². The van der Waals surface area contributed by atoms with E-state index in [1.807, 2.05) is 24.3 Å². The number of benzene rings is 4. The molecule has 0 saturated heterocycles. The fourth-order valence-corrected chi connectivity index (χ4v) is 4.97. The van der Waals surface area contributed by atoms with Gasteiger partial charge in [-0.25, -0.2) is 13.8 Å². The lowest BCUT2D eigenvalue weighted by Gasteiger charge is -2.24. The normalized spacial score (nSPS) is 11.6. The summed E-state index contributed by atoms with van der Waals surface area (Å²) in [5, 5.41) is 16.3. The Balaban J connectivity index is 1.49. The van der Waals surface area contributed by atoms with Crippen molar-refractivity contribution in [1.29, 1.82) is 0 Å². The van der Waals surface area contributed by atoms with E-state index < -0.39 is 15.9 Å². The largest absolute Gasteiger partial charge is 0.507 e. The predicted molar refractivity (Wildman–Crippen MR) is 145 cm³/mol. The molecule has 2 N–H and O–H groups in total. The molecule has 0 heterocycles. The highest BCUT2D eigenvalue weighted by atomic mass is 35.5. The smallest absolute Gasteiger partial charge is 0.271 e. The zero-order valence-corrected chi connectivity index (χ0v) is 21.3. The molecule has 0 bridgehead atoms. The highest BCUT2D eigenvalue weighted by Gasteiger charge is 2.21. The van der Waals surface area contributed by atoms with Crippen LogP contribution in [-0.4, -0.2) is 31.9 Å². The van der Waals surface area contributed by atoms with Gasteiger partial charge in [0.2, 0.25) is 10.0 Å². The van der Waals surface area contributed by atoms with Crippen molar-refractivity contribution in [2.24, 2.45) is 5.10 Å². The number of phenolic OH excluding ortho intramolecular Hbond substituents is 1. The van der Waals surface area contributed by atoms with Gasteiger partial charge in [-0.2, -0.15) is 5.10 Å². The van der Waals surface area contributed by atoms with Crippen LogP contribution in [0.3, 0.4) is 0 Å². The fraction of sp³-hybridized carbons (Fsp3) is 0.0769. The van der Waals surface area contributed by atoms with Gasteiger partial charge in [0.15, 0.2) is 0 Å². The Labute approximate surface area is 218 Å². The van der Waals surface area contributed by atoms with Gasteiger partial charge in [0.25, 0.3) is 5.91 Å². The standard InChI is InChI=1S/C26H21Cl2N3O4S/c1-36(34,35)31(23-8-4-7-22(27)25(23)28)16-17-9-11-19(12-10-17)26(33)30-29-15-21-20-6-3-2-5-18(20)13-14-24(21)32/h2-15,32H,16H2,1H3,(H,30,33)/b29-15+. The van der Waals surface area contributed by atoms with Crippen LogP contribution in [0.2, 0.25) is 10.0 Å². The second kappa shape index (κ2) is 10.6. The summed E-state index contributed by atoms with van der Waals surface area (Å²) in [5.41, 5.74) is 4.16. The molecule has 0 atom stereocenters. The molecular weight excluding hydrogens is 521 g/mol. The summed E-state index contributed by atoms with van der Waals surface area (Å²) in [6.45, 7) is -0.000689. The zero-order chi connectivity index (χ0) is 25.9. The lowest BCUT2D eigenvalue weighted by Crippen LogP contribution is -2.29. The number of sulfonamides is 1. The lowest BCUT2D eigenvalue weighted by molar-refractivity contribution is 0.0955. The van der Waals surface area contributed by atoms with Crippen molar-refractivity contribution in [2.45, 2.75) is 6.54 Å². The number of carbonyl (C=O) groups is 1. The average Bonchev–Trinajstić information content (AvgIpc) is 2.85. The number of nitrogens with one attached hydrogen (secondary N) is 1. The quantitative estimate of drug-likeness (QED) is 0.235. The number of nitrogens with zero attached hydrogens (tertiary/aromatic N) is 2. The zero-order valence-electron chi connectivity index (χ0n) is 19.0. The Hall–Kier alpha value is -3.59. The summed E-state index contributed by atoms with van der Waals surface area (Å²) in [5.74, 6) is -0.415. The van der Waals surface area contributed by atoms with E-state index in [4.69, 9.17) is 23.2 Å². The van der Waals surface area contributed by atoms with Crippen LogP contribution >= 0.6 is 23.2 Å². The van der Waals surface area contributed by atoms with Crippen LogP contribution in [0.15, 0.2) is 84.0 Å². The molecule has 36 heavy (non-hydrogen) atoms. The Morgan fingerprint density at radius 1 is 1.00 bits per heavy atom. The van der Waals surface area contributed by atoms with E-state index in [1.165, 1.54) is 6.21 Å². The number of hydrogen-bond donors (Lipinski definition) is 2. The Kier molecular flexibility index (Phi) is 7.49. The Morgan fingerprint density at radius 3 is 2.44 bits per heavy atom. The monoisotopic (exact) mass is 541 g/mol. The molecule has 7 nitrogen and oxygen atoms in total. The van der Waals surface area contributed by atoms with Gasteiger partial charge in [0.1, 0.15) is 5.75 Å². The number of fused-ring (bicyclic) bond motifs is 1. The molecule has 0 unspecified atom stereocenters. The van der Waals surface area contributed by atoms with E-state index in [0.29, 0.717) is 16.7 Å². The molecule has 4 aromatic carbocycles. The summed E-state index contributed by atoms with van der Waals surface area (Å²) in [6, 6.07) is 22.1. The van der Waals surface area contributed by atoms with Gasteiger partial charge in [-0.3, -0.25) is 9.10 Å². The molecule has 0 fully saturated rings. The van der Waals surface area contributed by atoms with Crippen LogP contribution < -0.4 is 9.73 Å². The van der Waals surface area contributed by atoms with Crippen molar-refractivity contribution in [3.63, 3.8) is 0 Å². The molecule has 0 aliphatic rings. The third-order valence-corrected chi connectivity index (χ3v) is 7.39. The number of hydrazone groups is 1. The molecule has 0 spiro atoms. The third kappa shape index (κ3) is 5.62. The van der Waals surface area contributed by atoms with Crippen molar-refractivity contribution >= 4 is 61.8 Å². The van der Waals surface area contributed by atoms with Gasteiger partial charge >= 0.3 is 0 Å². The van der Waals surface area contributed by atoms with Crippen molar-refractivity contribution in [1.82, 2.24) is 5.43 Å². The number of rotatable bonds is 7. The molecule has 4 rings (SSSR count). The van der Waals surface area contributed by atoms with E-state index >= 15 is 0 Å². The van der Waals surface area contributed by atoms with E-state index in [2.05, 4.69) is 10.5 Å². The number of hydrogen-bond acceptors (Lipinski definition) is 5. The Bertz CT molecular complexity index is 1570. The minimum Gasteiger partial charge on any atom is -0.507 e. The van der Waals surface area contributed by atoms with Crippen LogP contribution in [0.25, 0.3) is 10.8 Å². The van der Waals surface area contributed by atoms with Crippen LogP contribution in [0.5, 0.6) is 5.75 Å². The molecule has 0 aromatic heterocycles. The minimum absolute atomic E-state index is 0.000689. The SMILES string of the molecule is CS(=O)(=O)N(Cc1ccc(C(=O)N/N=C/c2c(O)ccc3ccccc23)cc1)c1cccc(Cl)c1Cl. The van der Waals surface area contributed by atoms with E-state index in [1.54, 1.807) is 54.6 Å². The topological polar surface area (TPSA) is 99.1 Å². The van der Waals surface area contributed by atoms with Gasteiger partial charge in [0.05, 0.1) is 34.7 Å². The van der Waals surface area contributed by atoms with Crippen LogP contribution in [0.4, 0.5) is 5.69 Å². The summed E-state index contributed by atoms with van der Waals surface area (Å²) < 4.78 is 26.0. The van der Waals surface area contributed by atoms with Crippen molar-refractivity contribution in [3.8, 4) is 5.75 Å². The first-order valence-electron chi connectivity index (χ1n) is 10.7. The van der Waals surface area contributed by atoms with Gasteiger partial charge in [-0.05, 0) is 46.7 Å². The maximum Gasteiger partial charge on any atom is 0.271 e. The second-order valence-electron chi connectivity index (χ2n) is 7.96. The fourth-order valence-electron chi connectivity index (χ4n) is 3.63.